The molecule has 1 unspecified atom stereocenters. The van der Waals surface area contributed by atoms with Crippen LogP contribution in [-0.4, -0.2) is 22.2 Å². The molecule has 1 aromatic carbocycles. The molecule has 0 aromatic heterocycles. The lowest BCUT2D eigenvalue weighted by molar-refractivity contribution is 0.00578. The van der Waals surface area contributed by atoms with E-state index in [-0.39, 0.29) is 18.3 Å². The quantitative estimate of drug-likeness (QED) is 0.430. The van der Waals surface area contributed by atoms with Gasteiger partial charge in [-0.15, -0.1) is 0 Å². The van der Waals surface area contributed by atoms with Gasteiger partial charge in [-0.25, -0.2) is 0 Å². The van der Waals surface area contributed by atoms with E-state index in [9.17, 15) is 0 Å². The molecular formula is C15H20BIO2. The van der Waals surface area contributed by atoms with Gasteiger partial charge in [-0.05, 0) is 57.1 Å². The van der Waals surface area contributed by atoms with E-state index in [1.165, 1.54) is 24.0 Å². The van der Waals surface area contributed by atoms with Gasteiger partial charge in [0.05, 0.1) is 11.2 Å². The Kier molecular flexibility index (Phi) is 3.27. The molecule has 0 saturated carbocycles. The lowest BCUT2D eigenvalue weighted by Gasteiger charge is -2.32. The average Bonchev–Trinajstić information content (AvgIpc) is 2.74. The maximum absolute atomic E-state index is 6.11. The fourth-order valence-corrected chi connectivity index (χ4v) is 3.66. The standard InChI is InChI=1S/C15H20BIO2/c1-14(2)15(3,4)19-16(18-14)12-6-5-10-8-13(17)9-11(10)7-12/h5-7,13H,8-9H2,1-4H3. The molecule has 1 aliphatic carbocycles. The molecular weight excluding hydrogens is 350 g/mol. The summed E-state index contributed by atoms with van der Waals surface area (Å²) in [7, 11) is -0.233. The first-order valence-corrected chi connectivity index (χ1v) is 8.14. The van der Waals surface area contributed by atoms with E-state index in [2.05, 4.69) is 68.5 Å². The van der Waals surface area contributed by atoms with Crippen molar-refractivity contribution in [2.24, 2.45) is 0 Å². The Hall–Kier alpha value is -0.0651. The first kappa shape index (κ1) is 13.9. The summed E-state index contributed by atoms with van der Waals surface area (Å²) in [5.41, 5.74) is 3.58. The van der Waals surface area contributed by atoms with Gasteiger partial charge in [0.1, 0.15) is 0 Å². The molecule has 0 amide bonds. The second-order valence-electron chi connectivity index (χ2n) is 6.62. The van der Waals surface area contributed by atoms with Crippen molar-refractivity contribution in [2.75, 3.05) is 0 Å². The van der Waals surface area contributed by atoms with Crippen molar-refractivity contribution in [1.29, 1.82) is 0 Å². The zero-order valence-corrected chi connectivity index (χ0v) is 14.2. The first-order chi connectivity index (χ1) is 8.78. The molecule has 0 N–H and O–H groups in total. The predicted octanol–water partition coefficient (Wildman–Crippen LogP) is 2.89. The lowest BCUT2D eigenvalue weighted by atomic mass is 9.78. The summed E-state index contributed by atoms with van der Waals surface area (Å²) in [6, 6.07) is 6.68. The summed E-state index contributed by atoms with van der Waals surface area (Å²) >= 11 is 2.54. The van der Waals surface area contributed by atoms with Crippen molar-refractivity contribution in [2.45, 2.75) is 55.7 Å². The van der Waals surface area contributed by atoms with Crippen LogP contribution >= 0.6 is 22.6 Å². The Balaban J connectivity index is 1.88. The second kappa shape index (κ2) is 4.47. The Morgan fingerprint density at radius 1 is 1.05 bits per heavy atom. The molecule has 1 fully saturated rings. The van der Waals surface area contributed by atoms with Gasteiger partial charge >= 0.3 is 7.12 Å². The number of rotatable bonds is 1. The molecule has 1 heterocycles. The minimum atomic E-state index is -0.261. The van der Waals surface area contributed by atoms with Crippen molar-refractivity contribution in [1.82, 2.24) is 0 Å². The highest BCUT2D eigenvalue weighted by Gasteiger charge is 2.51. The Bertz CT molecular complexity index is 497. The average molecular weight is 370 g/mol. The fourth-order valence-electron chi connectivity index (χ4n) is 2.71. The maximum atomic E-state index is 6.11. The SMILES string of the molecule is CC1(C)OB(c2ccc3c(c2)CC(I)C3)OC1(C)C. The number of hydrogen-bond donors (Lipinski definition) is 0. The van der Waals surface area contributed by atoms with E-state index < -0.39 is 0 Å². The van der Waals surface area contributed by atoms with Gasteiger partial charge in [0.2, 0.25) is 0 Å². The molecule has 19 heavy (non-hydrogen) atoms. The van der Waals surface area contributed by atoms with Gasteiger partial charge in [-0.1, -0.05) is 40.8 Å². The monoisotopic (exact) mass is 370 g/mol. The van der Waals surface area contributed by atoms with Crippen molar-refractivity contribution in [3.05, 3.63) is 29.3 Å². The molecule has 2 nitrogen and oxygen atoms in total. The van der Waals surface area contributed by atoms with Gasteiger partial charge in [-0.2, -0.15) is 0 Å². The molecule has 0 radical (unpaired) electrons. The van der Waals surface area contributed by atoms with E-state index in [0.29, 0.717) is 0 Å². The van der Waals surface area contributed by atoms with Crippen LogP contribution in [0.5, 0.6) is 0 Å². The minimum absolute atomic E-state index is 0.233. The van der Waals surface area contributed by atoms with E-state index in [1.807, 2.05) is 0 Å². The van der Waals surface area contributed by atoms with Crippen LogP contribution in [0, 0.1) is 0 Å². The number of halogens is 1. The summed E-state index contributed by atoms with van der Waals surface area (Å²) in [4.78, 5) is 0. The Morgan fingerprint density at radius 3 is 2.26 bits per heavy atom. The summed E-state index contributed by atoms with van der Waals surface area (Å²) in [6.45, 7) is 8.39. The normalized spacial score (nSPS) is 27.6. The van der Waals surface area contributed by atoms with Crippen LogP contribution in [0.2, 0.25) is 0 Å². The minimum Gasteiger partial charge on any atom is -0.399 e. The van der Waals surface area contributed by atoms with Crippen LogP contribution in [0.25, 0.3) is 0 Å². The highest BCUT2D eigenvalue weighted by molar-refractivity contribution is 14.1. The second-order valence-corrected chi connectivity index (χ2v) is 8.38. The molecule has 0 bridgehead atoms. The third kappa shape index (κ3) is 2.36. The number of alkyl halides is 1. The zero-order valence-electron chi connectivity index (χ0n) is 12.0. The summed E-state index contributed by atoms with van der Waals surface area (Å²) < 4.78 is 13.0. The Labute approximate surface area is 129 Å². The lowest BCUT2D eigenvalue weighted by Crippen LogP contribution is -2.41. The van der Waals surface area contributed by atoms with Crippen LogP contribution in [-0.2, 0) is 22.2 Å². The highest BCUT2D eigenvalue weighted by Crippen LogP contribution is 2.37. The van der Waals surface area contributed by atoms with E-state index in [4.69, 9.17) is 9.31 Å². The largest absolute Gasteiger partial charge is 0.494 e. The van der Waals surface area contributed by atoms with Crippen molar-refractivity contribution >= 4 is 35.2 Å². The van der Waals surface area contributed by atoms with Crippen molar-refractivity contribution in [3.63, 3.8) is 0 Å². The summed E-state index contributed by atoms with van der Waals surface area (Å²) in [6.07, 6.45) is 2.36. The van der Waals surface area contributed by atoms with Crippen LogP contribution in [0.1, 0.15) is 38.8 Å². The fraction of sp³-hybridized carbons (Fsp3) is 0.600. The van der Waals surface area contributed by atoms with E-state index in [1.54, 1.807) is 0 Å². The van der Waals surface area contributed by atoms with E-state index >= 15 is 0 Å². The van der Waals surface area contributed by atoms with E-state index in [0.717, 1.165) is 9.39 Å². The van der Waals surface area contributed by atoms with Crippen LogP contribution < -0.4 is 5.46 Å². The highest BCUT2D eigenvalue weighted by atomic mass is 127. The Morgan fingerprint density at radius 2 is 1.63 bits per heavy atom. The van der Waals surface area contributed by atoms with Crippen LogP contribution in [0.15, 0.2) is 18.2 Å². The molecule has 1 aliphatic heterocycles. The van der Waals surface area contributed by atoms with Crippen molar-refractivity contribution in [3.8, 4) is 0 Å². The first-order valence-electron chi connectivity index (χ1n) is 6.90. The van der Waals surface area contributed by atoms with Crippen molar-refractivity contribution < 1.29 is 9.31 Å². The number of fused-ring (bicyclic) bond motifs is 1. The van der Waals surface area contributed by atoms with Gasteiger partial charge in [0.25, 0.3) is 0 Å². The zero-order chi connectivity index (χ0) is 13.8. The molecule has 0 spiro atoms. The molecule has 1 atom stereocenters. The molecule has 2 aliphatic rings. The van der Waals surface area contributed by atoms with Crippen LogP contribution in [0.4, 0.5) is 0 Å². The molecule has 4 heteroatoms. The molecule has 102 valence electrons. The summed E-state index contributed by atoms with van der Waals surface area (Å²) in [5, 5.41) is 0. The maximum Gasteiger partial charge on any atom is 0.494 e. The molecule has 1 aromatic rings. The number of benzene rings is 1. The smallest absolute Gasteiger partial charge is 0.399 e. The van der Waals surface area contributed by atoms with Gasteiger partial charge < -0.3 is 9.31 Å². The van der Waals surface area contributed by atoms with Gasteiger partial charge in [-0.3, -0.25) is 0 Å². The number of hydrogen-bond acceptors (Lipinski definition) is 2. The van der Waals surface area contributed by atoms with Gasteiger partial charge in [0.15, 0.2) is 0 Å². The molecule has 1 saturated heterocycles. The topological polar surface area (TPSA) is 18.5 Å². The molecule has 3 rings (SSSR count). The van der Waals surface area contributed by atoms with Gasteiger partial charge in [0, 0.05) is 3.92 Å². The summed E-state index contributed by atoms with van der Waals surface area (Å²) in [5.74, 6) is 0. The predicted molar refractivity (Wildman–Crippen MR) is 87.4 cm³/mol. The third-order valence-electron chi connectivity index (χ3n) is 4.64. The third-order valence-corrected chi connectivity index (χ3v) is 5.52. The van der Waals surface area contributed by atoms with Crippen LogP contribution in [0.3, 0.4) is 0 Å².